The summed E-state index contributed by atoms with van der Waals surface area (Å²) in [6.07, 6.45) is 5.04. The van der Waals surface area contributed by atoms with Gasteiger partial charge in [0.25, 0.3) is 0 Å². The molecule has 0 bridgehead atoms. The van der Waals surface area contributed by atoms with Crippen LogP contribution in [0.5, 0.6) is 0 Å². The first kappa shape index (κ1) is 11.3. The zero-order chi connectivity index (χ0) is 12.7. The van der Waals surface area contributed by atoms with Crippen LogP contribution in [0.15, 0.2) is 18.5 Å². The third-order valence-electron chi connectivity index (χ3n) is 3.29. The lowest BCUT2D eigenvalue weighted by Crippen LogP contribution is -2.08. The quantitative estimate of drug-likeness (QED) is 0.901. The lowest BCUT2D eigenvalue weighted by molar-refractivity contribution is -0.138. The van der Waals surface area contributed by atoms with Gasteiger partial charge in [-0.1, -0.05) is 0 Å². The van der Waals surface area contributed by atoms with E-state index in [9.17, 15) is 4.79 Å². The molecular weight excluding hydrogens is 248 g/mol. The monoisotopic (exact) mass is 260 g/mol. The number of carboxylic acid groups (broad SMARTS) is 1. The van der Waals surface area contributed by atoms with Crippen molar-refractivity contribution < 1.29 is 9.90 Å². The Labute approximate surface area is 108 Å². The molecule has 1 N–H and O–H groups in total. The van der Waals surface area contributed by atoms with Gasteiger partial charge in [-0.05, 0) is 31.4 Å². The normalized spacial score (nSPS) is 17.7. The third kappa shape index (κ3) is 1.71. The number of fused-ring (bicyclic) bond motifs is 1. The van der Waals surface area contributed by atoms with Gasteiger partial charge in [0.05, 0.1) is 5.69 Å². The second kappa shape index (κ2) is 4.17. The Bertz CT molecular complexity index is 621. The second-order valence-corrected chi connectivity index (χ2v) is 5.53. The van der Waals surface area contributed by atoms with Gasteiger partial charge in [-0.2, -0.15) is 0 Å². The van der Waals surface area contributed by atoms with Crippen LogP contribution >= 0.6 is 11.3 Å². The van der Waals surface area contributed by atoms with Crippen LogP contribution in [0.25, 0.3) is 10.6 Å². The van der Waals surface area contributed by atoms with Crippen LogP contribution in [0.2, 0.25) is 0 Å². The van der Waals surface area contributed by atoms with Gasteiger partial charge in [-0.25, -0.2) is 4.98 Å². The van der Waals surface area contributed by atoms with E-state index < -0.39 is 11.9 Å². The first-order valence-electron chi connectivity index (χ1n) is 5.80. The van der Waals surface area contributed by atoms with Gasteiger partial charge in [-0.3, -0.25) is 9.78 Å². The predicted molar refractivity (Wildman–Crippen MR) is 68.8 cm³/mol. The van der Waals surface area contributed by atoms with E-state index in [4.69, 9.17) is 5.11 Å². The molecule has 2 aromatic rings. The van der Waals surface area contributed by atoms with Gasteiger partial charge >= 0.3 is 5.97 Å². The highest BCUT2D eigenvalue weighted by atomic mass is 32.1. The van der Waals surface area contributed by atoms with E-state index in [0.29, 0.717) is 6.42 Å². The van der Waals surface area contributed by atoms with Gasteiger partial charge in [0.15, 0.2) is 0 Å². The number of aryl methyl sites for hydroxylation is 2. The number of pyridine rings is 1. The molecule has 5 heteroatoms. The van der Waals surface area contributed by atoms with Crippen molar-refractivity contribution in [2.45, 2.75) is 25.7 Å². The number of hydrogen-bond donors (Lipinski definition) is 1. The summed E-state index contributed by atoms with van der Waals surface area (Å²) in [7, 11) is 0. The van der Waals surface area contributed by atoms with Crippen LogP contribution in [0, 0.1) is 6.92 Å². The maximum absolute atomic E-state index is 11.1. The molecule has 0 amide bonds. The van der Waals surface area contributed by atoms with Crippen LogP contribution in [0.4, 0.5) is 0 Å². The molecule has 0 aromatic carbocycles. The average molecular weight is 260 g/mol. The fourth-order valence-corrected chi connectivity index (χ4v) is 3.48. The fraction of sp³-hybridized carbons (Fsp3) is 0.308. The minimum absolute atomic E-state index is 0.429. The van der Waals surface area contributed by atoms with Crippen molar-refractivity contribution in [3.8, 4) is 10.6 Å². The number of carbonyl (C=O) groups is 1. The molecule has 0 saturated carbocycles. The highest BCUT2D eigenvalue weighted by Crippen LogP contribution is 2.40. The fourth-order valence-electron chi connectivity index (χ4n) is 2.27. The predicted octanol–water partition coefficient (Wildman–Crippen LogP) is 2.63. The number of carboxylic acids is 1. The molecule has 1 aliphatic rings. The van der Waals surface area contributed by atoms with Crippen molar-refractivity contribution >= 4 is 17.3 Å². The summed E-state index contributed by atoms with van der Waals surface area (Å²) in [5.41, 5.74) is 2.87. The van der Waals surface area contributed by atoms with Crippen LogP contribution in [0.3, 0.4) is 0 Å². The summed E-state index contributed by atoms with van der Waals surface area (Å²) in [6.45, 7) is 2.01. The summed E-state index contributed by atoms with van der Waals surface area (Å²) < 4.78 is 0. The van der Waals surface area contributed by atoms with E-state index in [1.165, 1.54) is 0 Å². The second-order valence-electron chi connectivity index (χ2n) is 4.45. The zero-order valence-corrected chi connectivity index (χ0v) is 10.7. The van der Waals surface area contributed by atoms with Crippen molar-refractivity contribution in [1.82, 2.24) is 9.97 Å². The summed E-state index contributed by atoms with van der Waals surface area (Å²) in [6, 6.07) is 1.94. The van der Waals surface area contributed by atoms with Crippen molar-refractivity contribution in [3.63, 3.8) is 0 Å². The molecule has 3 rings (SSSR count). The molecular formula is C13H12N2O2S. The Morgan fingerprint density at radius 3 is 3.11 bits per heavy atom. The van der Waals surface area contributed by atoms with Crippen LogP contribution in [-0.2, 0) is 11.2 Å². The standard InChI is InChI=1S/C13H12N2O2S/c1-7-4-5-14-6-9(7)12-15-11-8(13(16)17)2-3-10(11)18-12/h4-6,8H,2-3H2,1H3,(H,16,17). The van der Waals surface area contributed by atoms with Gasteiger partial charge in [0.1, 0.15) is 10.9 Å². The molecule has 0 saturated heterocycles. The van der Waals surface area contributed by atoms with Crippen LogP contribution < -0.4 is 0 Å². The van der Waals surface area contributed by atoms with E-state index in [0.717, 1.165) is 33.1 Å². The van der Waals surface area contributed by atoms with E-state index in [-0.39, 0.29) is 0 Å². The van der Waals surface area contributed by atoms with Crippen LogP contribution in [-0.4, -0.2) is 21.0 Å². The number of aliphatic carboxylic acids is 1. The largest absolute Gasteiger partial charge is 0.481 e. The first-order chi connectivity index (χ1) is 8.66. The number of hydrogen-bond acceptors (Lipinski definition) is 4. The van der Waals surface area contributed by atoms with E-state index in [1.54, 1.807) is 23.7 Å². The van der Waals surface area contributed by atoms with Crippen molar-refractivity contribution in [1.29, 1.82) is 0 Å². The number of thiazole rings is 1. The minimum atomic E-state index is -0.770. The van der Waals surface area contributed by atoms with Gasteiger partial charge in [-0.15, -0.1) is 11.3 Å². The molecule has 1 atom stereocenters. The topological polar surface area (TPSA) is 63.1 Å². The minimum Gasteiger partial charge on any atom is -0.481 e. The number of rotatable bonds is 2. The average Bonchev–Trinajstić information content (AvgIpc) is 2.88. The third-order valence-corrected chi connectivity index (χ3v) is 4.45. The molecule has 2 heterocycles. The van der Waals surface area contributed by atoms with Crippen LogP contribution in [0.1, 0.15) is 28.5 Å². The molecule has 18 heavy (non-hydrogen) atoms. The summed E-state index contributed by atoms with van der Waals surface area (Å²) in [4.78, 5) is 20.9. The maximum Gasteiger partial charge on any atom is 0.312 e. The lowest BCUT2D eigenvalue weighted by atomic mass is 10.1. The molecule has 0 aliphatic heterocycles. The Balaban J connectivity index is 2.05. The molecule has 0 spiro atoms. The molecule has 1 unspecified atom stereocenters. The van der Waals surface area contributed by atoms with E-state index >= 15 is 0 Å². The Morgan fingerprint density at radius 1 is 1.56 bits per heavy atom. The zero-order valence-electron chi connectivity index (χ0n) is 9.88. The van der Waals surface area contributed by atoms with Gasteiger partial charge in [0.2, 0.25) is 0 Å². The molecule has 2 aromatic heterocycles. The number of nitrogens with zero attached hydrogens (tertiary/aromatic N) is 2. The Hall–Kier alpha value is -1.75. The first-order valence-corrected chi connectivity index (χ1v) is 6.62. The number of aromatic nitrogens is 2. The molecule has 1 aliphatic carbocycles. The lowest BCUT2D eigenvalue weighted by Gasteiger charge is -2.03. The molecule has 4 nitrogen and oxygen atoms in total. The molecule has 0 radical (unpaired) electrons. The maximum atomic E-state index is 11.1. The smallest absolute Gasteiger partial charge is 0.312 e. The molecule has 92 valence electrons. The Morgan fingerprint density at radius 2 is 2.39 bits per heavy atom. The highest BCUT2D eigenvalue weighted by molar-refractivity contribution is 7.15. The Kier molecular flexibility index (Phi) is 2.63. The molecule has 0 fully saturated rings. The summed E-state index contributed by atoms with van der Waals surface area (Å²) in [5, 5.41) is 10.0. The van der Waals surface area contributed by atoms with Crippen molar-refractivity contribution in [2.75, 3.05) is 0 Å². The van der Waals surface area contributed by atoms with E-state index in [2.05, 4.69) is 9.97 Å². The van der Waals surface area contributed by atoms with Gasteiger partial charge < -0.3 is 5.11 Å². The van der Waals surface area contributed by atoms with E-state index in [1.807, 2.05) is 13.0 Å². The van der Waals surface area contributed by atoms with Gasteiger partial charge in [0, 0.05) is 22.8 Å². The SMILES string of the molecule is Cc1ccncc1-c1nc2c(s1)CCC2C(=O)O. The highest BCUT2D eigenvalue weighted by Gasteiger charge is 2.32. The summed E-state index contributed by atoms with van der Waals surface area (Å²) >= 11 is 1.60. The summed E-state index contributed by atoms with van der Waals surface area (Å²) in [5.74, 6) is -1.20. The van der Waals surface area contributed by atoms with Crippen molar-refractivity contribution in [3.05, 3.63) is 34.6 Å². The van der Waals surface area contributed by atoms with Crippen molar-refractivity contribution in [2.24, 2.45) is 0 Å².